The fourth-order valence-electron chi connectivity index (χ4n) is 3.05. The van der Waals surface area contributed by atoms with Crippen molar-refractivity contribution in [3.8, 4) is 0 Å². The molecule has 0 amide bonds. The van der Waals surface area contributed by atoms with Gasteiger partial charge in [0, 0.05) is 38.5 Å². The minimum atomic E-state index is -2.49. The smallest absolute Gasteiger partial charge is 0.346 e. The lowest BCUT2D eigenvalue weighted by Gasteiger charge is -2.12. The Hall–Kier alpha value is -4.66. The first kappa shape index (κ1) is 41.3. The third kappa shape index (κ3) is 18.2. The van der Waals surface area contributed by atoms with Crippen molar-refractivity contribution in [3.05, 3.63) is 0 Å². The molecule has 0 radical (unpaired) electrons. The van der Waals surface area contributed by atoms with Crippen LogP contribution in [0.3, 0.4) is 0 Å². The Balaban J connectivity index is 4.01. The van der Waals surface area contributed by atoms with Crippen molar-refractivity contribution in [1.82, 2.24) is 0 Å². The van der Waals surface area contributed by atoms with Gasteiger partial charge >= 0.3 is 59.7 Å². The molecule has 0 saturated heterocycles. The number of carboxylic acids is 2. The third-order valence-corrected chi connectivity index (χ3v) is 5.51. The van der Waals surface area contributed by atoms with Gasteiger partial charge in [0.15, 0.2) is 24.4 Å². The van der Waals surface area contributed by atoms with E-state index in [2.05, 4.69) is 18.9 Å². The van der Waals surface area contributed by atoms with E-state index in [9.17, 15) is 58.2 Å². The Morgan fingerprint density at radius 2 is 0.543 bits per heavy atom. The molecule has 0 aliphatic carbocycles. The van der Waals surface area contributed by atoms with Crippen LogP contribution in [0.5, 0.6) is 0 Å². The number of hydrogen-bond donors (Lipinski definition) is 6. The van der Waals surface area contributed by atoms with Crippen LogP contribution in [0.4, 0.5) is 0 Å². The molecule has 0 aromatic rings. The predicted octanol–water partition coefficient (Wildman–Crippen LogP) is -2.44. The van der Waals surface area contributed by atoms with Gasteiger partial charge in [0.05, 0.1) is 0 Å². The summed E-state index contributed by atoms with van der Waals surface area (Å²) in [5, 5.41) is 53.5. The van der Waals surface area contributed by atoms with E-state index >= 15 is 0 Å². The Morgan fingerprint density at radius 3 is 0.739 bits per heavy atom. The number of aliphatic hydroxyl groups is 4. The zero-order valence-electron chi connectivity index (χ0n) is 24.2. The van der Waals surface area contributed by atoms with E-state index in [0.717, 1.165) is 0 Å². The molecule has 4 atom stereocenters. The zero-order valence-corrected chi connectivity index (χ0v) is 24.2. The average Bonchev–Trinajstić information content (AvgIpc) is 2.97. The number of aliphatic carboxylic acids is 2. The first-order chi connectivity index (χ1) is 21.5. The molecule has 46 heavy (non-hydrogen) atoms. The SMILES string of the molecule is O=C(CCCCC(=O)OC(=O)CCCCC(=O)OC(=O)C(O)C(O)C(=O)O)OC(=O)CCCCC(=O)OC(=O)C(O)C(O)C(=O)O. The fourth-order valence-corrected chi connectivity index (χ4v) is 3.05. The number of hydrogen-bond acceptors (Lipinski definition) is 18. The van der Waals surface area contributed by atoms with Crippen molar-refractivity contribution < 1.29 is 97.5 Å². The largest absolute Gasteiger partial charge is 0.479 e. The molecule has 0 rings (SSSR count). The van der Waals surface area contributed by atoms with Gasteiger partial charge in [0.2, 0.25) is 0 Å². The summed E-state index contributed by atoms with van der Waals surface area (Å²) in [5.74, 6) is -13.1. The summed E-state index contributed by atoms with van der Waals surface area (Å²) in [5.41, 5.74) is 0. The second kappa shape index (κ2) is 21.9. The highest BCUT2D eigenvalue weighted by Crippen LogP contribution is 2.09. The van der Waals surface area contributed by atoms with Crippen LogP contribution in [0.25, 0.3) is 0 Å². The fraction of sp³-hybridized carbons (Fsp3) is 0.615. The highest BCUT2D eigenvalue weighted by Gasteiger charge is 2.33. The minimum Gasteiger partial charge on any atom is -0.479 e. The summed E-state index contributed by atoms with van der Waals surface area (Å²) in [7, 11) is 0. The summed E-state index contributed by atoms with van der Waals surface area (Å²) in [6.45, 7) is 0. The molecule has 4 unspecified atom stereocenters. The molecular formula is C26H34O20. The number of carbonyl (C=O) groups is 10. The summed E-state index contributed by atoms with van der Waals surface area (Å²) >= 11 is 0. The molecule has 0 bridgehead atoms. The first-order valence-electron chi connectivity index (χ1n) is 13.6. The molecule has 0 heterocycles. The monoisotopic (exact) mass is 666 g/mol. The third-order valence-electron chi connectivity index (χ3n) is 5.51. The number of carboxylic acid groups (broad SMARTS) is 2. The quantitative estimate of drug-likeness (QED) is 0.0320. The Morgan fingerprint density at radius 1 is 0.348 bits per heavy atom. The number of rotatable bonds is 21. The lowest BCUT2D eigenvalue weighted by molar-refractivity contribution is -0.176. The number of carbonyl (C=O) groups excluding carboxylic acids is 8. The van der Waals surface area contributed by atoms with Crippen molar-refractivity contribution in [1.29, 1.82) is 0 Å². The van der Waals surface area contributed by atoms with Crippen LogP contribution < -0.4 is 0 Å². The van der Waals surface area contributed by atoms with E-state index in [0.29, 0.717) is 0 Å². The van der Waals surface area contributed by atoms with Gasteiger partial charge in [-0.25, -0.2) is 19.2 Å². The van der Waals surface area contributed by atoms with E-state index in [4.69, 9.17) is 20.4 Å². The maximum atomic E-state index is 11.7. The molecule has 20 heteroatoms. The maximum Gasteiger partial charge on any atom is 0.346 e. The molecule has 0 aromatic heterocycles. The molecule has 0 spiro atoms. The molecule has 0 fully saturated rings. The molecule has 0 aliphatic heterocycles. The Kier molecular flexibility index (Phi) is 19.7. The maximum absolute atomic E-state index is 11.7. The van der Waals surface area contributed by atoms with E-state index < -0.39 is 97.0 Å². The average molecular weight is 667 g/mol. The molecule has 20 nitrogen and oxygen atoms in total. The van der Waals surface area contributed by atoms with Crippen molar-refractivity contribution in [2.75, 3.05) is 0 Å². The predicted molar refractivity (Wildman–Crippen MR) is 139 cm³/mol. The van der Waals surface area contributed by atoms with Crippen molar-refractivity contribution in [2.24, 2.45) is 0 Å². The van der Waals surface area contributed by atoms with Gasteiger partial charge in [-0.3, -0.25) is 28.8 Å². The van der Waals surface area contributed by atoms with Gasteiger partial charge in [0.1, 0.15) is 0 Å². The van der Waals surface area contributed by atoms with Gasteiger partial charge in [-0.2, -0.15) is 0 Å². The number of aliphatic hydroxyl groups excluding tert-OH is 4. The second-order valence-electron chi connectivity index (χ2n) is 9.36. The van der Waals surface area contributed by atoms with Gasteiger partial charge < -0.3 is 49.6 Å². The second-order valence-corrected chi connectivity index (χ2v) is 9.36. The van der Waals surface area contributed by atoms with E-state index in [1.54, 1.807) is 0 Å². The van der Waals surface area contributed by atoms with Gasteiger partial charge in [-0.15, -0.1) is 0 Å². The molecule has 6 N–H and O–H groups in total. The van der Waals surface area contributed by atoms with Crippen LogP contribution in [0.1, 0.15) is 77.0 Å². The van der Waals surface area contributed by atoms with Crippen LogP contribution in [0, 0.1) is 0 Å². The highest BCUT2D eigenvalue weighted by atomic mass is 16.6. The normalized spacial score (nSPS) is 13.2. The van der Waals surface area contributed by atoms with Crippen LogP contribution in [-0.4, -0.2) is 115 Å². The number of ether oxygens (including phenoxy) is 4. The van der Waals surface area contributed by atoms with Gasteiger partial charge in [0.25, 0.3) is 0 Å². The molecule has 0 saturated carbocycles. The Labute approximate surface area is 259 Å². The van der Waals surface area contributed by atoms with Crippen molar-refractivity contribution >= 4 is 59.7 Å². The summed E-state index contributed by atoms with van der Waals surface area (Å²) in [4.78, 5) is 114. The van der Waals surface area contributed by atoms with Crippen molar-refractivity contribution in [2.45, 2.75) is 101 Å². The molecule has 0 aliphatic rings. The lowest BCUT2D eigenvalue weighted by atomic mass is 10.2. The van der Waals surface area contributed by atoms with Crippen LogP contribution in [0.15, 0.2) is 0 Å². The van der Waals surface area contributed by atoms with Crippen LogP contribution in [-0.2, 0) is 66.9 Å². The minimum absolute atomic E-state index is 0.00563. The summed E-state index contributed by atoms with van der Waals surface area (Å²) in [6.07, 6.45) is -11.6. The molecule has 0 aromatic carbocycles. The van der Waals surface area contributed by atoms with Gasteiger partial charge in [-0.05, 0) is 38.5 Å². The zero-order chi connectivity index (χ0) is 35.4. The lowest BCUT2D eigenvalue weighted by Crippen LogP contribution is -2.41. The standard InChI is InChI=1S/C26H34O20/c27-13(43-15(29)9-3-5-11-17(31)45-25(41)21(35)19(33)23(37)38)7-1-2-8-14(28)44-16(30)10-4-6-12-18(32)46-26(42)22(36)20(34)24(39)40/h19-22,33-36H,1-12H2,(H,37,38)(H,39,40). The summed E-state index contributed by atoms with van der Waals surface area (Å²) < 4.78 is 17.5. The van der Waals surface area contributed by atoms with Gasteiger partial charge in [-0.1, -0.05) is 0 Å². The molecule has 258 valence electrons. The first-order valence-corrected chi connectivity index (χ1v) is 13.6. The van der Waals surface area contributed by atoms with E-state index in [-0.39, 0.29) is 64.2 Å². The number of unbranched alkanes of at least 4 members (excludes halogenated alkanes) is 3. The summed E-state index contributed by atoms with van der Waals surface area (Å²) in [6, 6.07) is 0. The highest BCUT2D eigenvalue weighted by molar-refractivity contribution is 5.92. The van der Waals surface area contributed by atoms with E-state index in [1.165, 1.54) is 0 Å². The van der Waals surface area contributed by atoms with Crippen LogP contribution in [0.2, 0.25) is 0 Å². The van der Waals surface area contributed by atoms with E-state index in [1.807, 2.05) is 0 Å². The molecular weight excluding hydrogens is 632 g/mol. The number of esters is 8. The van der Waals surface area contributed by atoms with Crippen molar-refractivity contribution in [3.63, 3.8) is 0 Å². The van der Waals surface area contributed by atoms with Crippen LogP contribution >= 0.6 is 0 Å². The Bertz CT molecular complexity index is 1050. The topological polar surface area (TPSA) is 329 Å².